The van der Waals surface area contributed by atoms with Gasteiger partial charge in [-0.3, -0.25) is 4.79 Å². The van der Waals surface area contributed by atoms with Crippen LogP contribution in [-0.2, 0) is 4.79 Å². The topological polar surface area (TPSA) is 66.0 Å². The van der Waals surface area contributed by atoms with Gasteiger partial charge in [0.15, 0.2) is 0 Å². The number of nitrogens with zero attached hydrogens (tertiary/aromatic N) is 1. The summed E-state index contributed by atoms with van der Waals surface area (Å²) in [5.41, 5.74) is 0. The molecule has 0 bridgehead atoms. The van der Waals surface area contributed by atoms with Crippen LogP contribution in [0.2, 0.25) is 0 Å². The Bertz CT molecular complexity index is 218. The van der Waals surface area contributed by atoms with Gasteiger partial charge in [-0.15, -0.1) is 0 Å². The summed E-state index contributed by atoms with van der Waals surface area (Å²) in [6.07, 6.45) is 3.14. The Morgan fingerprint density at radius 2 is 2.60 bits per heavy atom. The van der Waals surface area contributed by atoms with Crippen molar-refractivity contribution in [2.24, 2.45) is 0 Å². The predicted molar refractivity (Wildman–Crippen MR) is 34.6 cm³/mol. The molecule has 0 saturated carbocycles. The summed E-state index contributed by atoms with van der Waals surface area (Å²) in [5.74, 6) is -0.919. The van der Waals surface area contributed by atoms with Crippen LogP contribution in [0.15, 0.2) is 12.4 Å². The first kappa shape index (κ1) is 6.80. The Morgan fingerprint density at radius 3 is 3.00 bits per heavy atom. The molecule has 0 aliphatic carbocycles. The Hall–Kier alpha value is -1.32. The predicted octanol–water partition coefficient (Wildman–Crippen LogP) is 0.598. The minimum absolute atomic E-state index is 0.493. The first-order valence-electron chi connectivity index (χ1n) is 2.94. The molecule has 1 aromatic heterocycles. The zero-order valence-electron chi connectivity index (χ0n) is 5.53. The SMILES string of the molecule is C[C@H](C(=O)O)c1ncc[nH]1. The molecule has 10 heavy (non-hydrogen) atoms. The fourth-order valence-electron chi connectivity index (χ4n) is 0.631. The van der Waals surface area contributed by atoms with Crippen molar-refractivity contribution in [2.75, 3.05) is 0 Å². The number of imidazole rings is 1. The third-order valence-corrected chi connectivity index (χ3v) is 1.30. The van der Waals surface area contributed by atoms with Crippen molar-refractivity contribution in [3.63, 3.8) is 0 Å². The first-order chi connectivity index (χ1) is 4.72. The van der Waals surface area contributed by atoms with Crippen LogP contribution in [0.5, 0.6) is 0 Å². The molecule has 0 saturated heterocycles. The molecule has 0 aliphatic heterocycles. The summed E-state index contributed by atoms with van der Waals surface area (Å²) in [6.45, 7) is 1.58. The fraction of sp³-hybridized carbons (Fsp3) is 0.333. The second-order valence-electron chi connectivity index (χ2n) is 2.03. The van der Waals surface area contributed by atoms with Crippen LogP contribution in [0.1, 0.15) is 18.7 Å². The van der Waals surface area contributed by atoms with Crippen molar-refractivity contribution in [3.05, 3.63) is 18.2 Å². The lowest BCUT2D eigenvalue weighted by molar-refractivity contribution is -0.138. The van der Waals surface area contributed by atoms with E-state index in [0.717, 1.165) is 0 Å². The molecule has 0 amide bonds. The summed E-state index contributed by atoms with van der Waals surface area (Å²) in [5, 5.41) is 8.49. The molecule has 0 aromatic carbocycles. The lowest BCUT2D eigenvalue weighted by atomic mass is 10.2. The first-order valence-corrected chi connectivity index (χ1v) is 2.94. The molecule has 1 heterocycles. The highest BCUT2D eigenvalue weighted by Crippen LogP contribution is 2.07. The van der Waals surface area contributed by atoms with Gasteiger partial charge in [-0.2, -0.15) is 0 Å². The van der Waals surface area contributed by atoms with Gasteiger partial charge in [-0.05, 0) is 6.92 Å². The van der Waals surface area contributed by atoms with Gasteiger partial charge in [0.2, 0.25) is 0 Å². The molecule has 4 nitrogen and oxygen atoms in total. The average molecular weight is 140 g/mol. The second kappa shape index (κ2) is 2.51. The Kier molecular flexibility index (Phi) is 1.71. The van der Waals surface area contributed by atoms with E-state index in [-0.39, 0.29) is 0 Å². The maximum Gasteiger partial charge on any atom is 0.313 e. The molecule has 0 unspecified atom stereocenters. The second-order valence-corrected chi connectivity index (χ2v) is 2.03. The van der Waals surface area contributed by atoms with E-state index in [0.29, 0.717) is 5.82 Å². The molecule has 1 aromatic rings. The summed E-state index contributed by atoms with van der Waals surface area (Å²) in [7, 11) is 0. The highest BCUT2D eigenvalue weighted by atomic mass is 16.4. The van der Waals surface area contributed by atoms with Crippen molar-refractivity contribution in [3.8, 4) is 0 Å². The van der Waals surface area contributed by atoms with Crippen molar-refractivity contribution < 1.29 is 9.90 Å². The standard InChI is InChI=1S/C6H8N2O2/c1-4(6(9)10)5-7-2-3-8-5/h2-4H,1H3,(H,7,8)(H,9,10)/t4-/m0/s1. The summed E-state index contributed by atoms with van der Waals surface area (Å²) in [6, 6.07) is 0. The van der Waals surface area contributed by atoms with Crippen LogP contribution in [0.3, 0.4) is 0 Å². The number of hydrogen-bond donors (Lipinski definition) is 2. The van der Waals surface area contributed by atoms with E-state index >= 15 is 0 Å². The maximum absolute atomic E-state index is 10.3. The van der Waals surface area contributed by atoms with E-state index in [1.54, 1.807) is 13.1 Å². The third kappa shape index (κ3) is 1.15. The fourth-order valence-corrected chi connectivity index (χ4v) is 0.631. The van der Waals surface area contributed by atoms with Gasteiger partial charge in [0.05, 0.1) is 0 Å². The highest BCUT2D eigenvalue weighted by molar-refractivity contribution is 5.74. The molecule has 4 heteroatoms. The number of H-pyrrole nitrogens is 1. The molecular weight excluding hydrogens is 132 g/mol. The van der Waals surface area contributed by atoms with Crippen LogP contribution >= 0.6 is 0 Å². The summed E-state index contributed by atoms with van der Waals surface area (Å²) in [4.78, 5) is 16.9. The van der Waals surface area contributed by atoms with E-state index in [2.05, 4.69) is 9.97 Å². The van der Waals surface area contributed by atoms with Crippen molar-refractivity contribution in [2.45, 2.75) is 12.8 Å². The minimum atomic E-state index is -0.866. The Labute approximate surface area is 57.9 Å². The zero-order chi connectivity index (χ0) is 7.56. The van der Waals surface area contributed by atoms with Crippen LogP contribution in [0.25, 0.3) is 0 Å². The van der Waals surface area contributed by atoms with Gasteiger partial charge >= 0.3 is 5.97 Å². The summed E-state index contributed by atoms with van der Waals surface area (Å²) < 4.78 is 0. The Morgan fingerprint density at radius 1 is 1.90 bits per heavy atom. The van der Waals surface area contributed by atoms with Gasteiger partial charge in [0.25, 0.3) is 0 Å². The number of aliphatic carboxylic acids is 1. The molecule has 0 aliphatic rings. The number of aromatic nitrogens is 2. The molecule has 0 fully saturated rings. The third-order valence-electron chi connectivity index (χ3n) is 1.30. The monoisotopic (exact) mass is 140 g/mol. The van der Waals surface area contributed by atoms with Crippen LogP contribution in [0.4, 0.5) is 0 Å². The zero-order valence-corrected chi connectivity index (χ0v) is 5.53. The van der Waals surface area contributed by atoms with Gasteiger partial charge < -0.3 is 10.1 Å². The quantitative estimate of drug-likeness (QED) is 0.632. The van der Waals surface area contributed by atoms with Crippen LogP contribution < -0.4 is 0 Å². The molecule has 1 atom stereocenters. The largest absolute Gasteiger partial charge is 0.481 e. The van der Waals surface area contributed by atoms with Crippen molar-refractivity contribution in [1.29, 1.82) is 0 Å². The van der Waals surface area contributed by atoms with E-state index in [1.807, 2.05) is 0 Å². The molecule has 0 radical (unpaired) electrons. The molecule has 0 spiro atoms. The average Bonchev–Trinajstić information content (AvgIpc) is 2.36. The van der Waals surface area contributed by atoms with E-state index in [4.69, 9.17) is 5.11 Å². The minimum Gasteiger partial charge on any atom is -0.481 e. The van der Waals surface area contributed by atoms with Crippen LogP contribution in [0, 0.1) is 0 Å². The van der Waals surface area contributed by atoms with Crippen LogP contribution in [-0.4, -0.2) is 21.0 Å². The maximum atomic E-state index is 10.3. The van der Waals surface area contributed by atoms with E-state index < -0.39 is 11.9 Å². The number of carboxylic acid groups (broad SMARTS) is 1. The number of nitrogens with one attached hydrogen (secondary N) is 1. The van der Waals surface area contributed by atoms with E-state index in [1.165, 1.54) is 6.20 Å². The van der Waals surface area contributed by atoms with Gasteiger partial charge in [0.1, 0.15) is 11.7 Å². The number of carboxylic acids is 1. The van der Waals surface area contributed by atoms with Gasteiger partial charge in [0, 0.05) is 12.4 Å². The molecular formula is C6H8N2O2. The number of rotatable bonds is 2. The van der Waals surface area contributed by atoms with Crippen molar-refractivity contribution in [1.82, 2.24) is 9.97 Å². The van der Waals surface area contributed by atoms with Gasteiger partial charge in [-0.25, -0.2) is 4.98 Å². The normalized spacial score (nSPS) is 12.9. The van der Waals surface area contributed by atoms with Crippen molar-refractivity contribution >= 4 is 5.97 Å². The number of aromatic amines is 1. The summed E-state index contributed by atoms with van der Waals surface area (Å²) >= 11 is 0. The molecule has 1 rings (SSSR count). The number of carbonyl (C=O) groups is 1. The molecule has 2 N–H and O–H groups in total. The number of hydrogen-bond acceptors (Lipinski definition) is 2. The van der Waals surface area contributed by atoms with E-state index in [9.17, 15) is 4.79 Å². The smallest absolute Gasteiger partial charge is 0.313 e. The lowest BCUT2D eigenvalue weighted by Gasteiger charge is -1.99. The Balaban J connectivity index is 2.77. The van der Waals surface area contributed by atoms with Gasteiger partial charge in [-0.1, -0.05) is 0 Å². The lowest BCUT2D eigenvalue weighted by Crippen LogP contribution is -2.08. The molecule has 54 valence electrons. The highest BCUT2D eigenvalue weighted by Gasteiger charge is 2.14.